The fourth-order valence-corrected chi connectivity index (χ4v) is 2.73. The molecule has 0 saturated carbocycles. The molecule has 0 bridgehead atoms. The standard InChI is InChI=1S/C15H13BrN2O3S/c1-21-15(20)11-8-9(16)5-6-12(11)18-13(19)10-4-3-7-17-14(10)22-2/h3-8H,1-2H3,(H,18,19). The number of methoxy groups -OCH3 is 1. The third-order valence-electron chi connectivity index (χ3n) is 2.84. The summed E-state index contributed by atoms with van der Waals surface area (Å²) in [5.74, 6) is -0.849. The van der Waals surface area contributed by atoms with Crippen LogP contribution < -0.4 is 5.32 Å². The van der Waals surface area contributed by atoms with Crippen molar-refractivity contribution in [1.82, 2.24) is 4.98 Å². The molecule has 0 atom stereocenters. The summed E-state index contributed by atoms with van der Waals surface area (Å²) < 4.78 is 5.46. The Labute approximate surface area is 140 Å². The fourth-order valence-electron chi connectivity index (χ4n) is 1.82. The van der Waals surface area contributed by atoms with Gasteiger partial charge in [0.2, 0.25) is 0 Å². The number of nitrogens with one attached hydrogen (secondary N) is 1. The Morgan fingerprint density at radius 3 is 2.73 bits per heavy atom. The summed E-state index contributed by atoms with van der Waals surface area (Å²) in [6.45, 7) is 0. The minimum atomic E-state index is -0.520. The average molecular weight is 381 g/mol. The van der Waals surface area contributed by atoms with E-state index in [9.17, 15) is 9.59 Å². The van der Waals surface area contributed by atoms with E-state index in [2.05, 4.69) is 26.2 Å². The van der Waals surface area contributed by atoms with Crippen molar-refractivity contribution in [3.05, 3.63) is 52.1 Å². The molecule has 0 spiro atoms. The number of hydrogen-bond donors (Lipinski definition) is 1. The van der Waals surface area contributed by atoms with Crippen LogP contribution in [0.25, 0.3) is 0 Å². The zero-order valence-corrected chi connectivity index (χ0v) is 14.3. The van der Waals surface area contributed by atoms with Crippen LogP contribution in [0.15, 0.2) is 46.0 Å². The Bertz CT molecular complexity index is 722. The van der Waals surface area contributed by atoms with E-state index in [0.717, 1.165) is 4.47 Å². The minimum absolute atomic E-state index is 0.278. The van der Waals surface area contributed by atoms with Gasteiger partial charge in [-0.1, -0.05) is 15.9 Å². The highest BCUT2D eigenvalue weighted by Gasteiger charge is 2.17. The van der Waals surface area contributed by atoms with Crippen molar-refractivity contribution >= 4 is 45.3 Å². The predicted octanol–water partition coefficient (Wildman–Crippen LogP) is 3.60. The Morgan fingerprint density at radius 2 is 2.05 bits per heavy atom. The highest BCUT2D eigenvalue weighted by molar-refractivity contribution is 9.10. The number of anilines is 1. The number of rotatable bonds is 4. The fraction of sp³-hybridized carbons (Fsp3) is 0.133. The van der Waals surface area contributed by atoms with Crippen molar-refractivity contribution in [2.75, 3.05) is 18.7 Å². The Morgan fingerprint density at radius 1 is 1.27 bits per heavy atom. The number of amides is 1. The van der Waals surface area contributed by atoms with Crippen LogP contribution in [-0.2, 0) is 4.74 Å². The predicted molar refractivity (Wildman–Crippen MR) is 89.5 cm³/mol. The normalized spacial score (nSPS) is 10.1. The van der Waals surface area contributed by atoms with Crippen LogP contribution >= 0.6 is 27.7 Å². The molecule has 1 heterocycles. The number of hydrogen-bond acceptors (Lipinski definition) is 5. The molecule has 0 aliphatic rings. The first kappa shape index (κ1) is 16.5. The number of thioether (sulfide) groups is 1. The quantitative estimate of drug-likeness (QED) is 0.648. The number of pyridine rings is 1. The highest BCUT2D eigenvalue weighted by atomic mass is 79.9. The van der Waals surface area contributed by atoms with Gasteiger partial charge in [-0.2, -0.15) is 0 Å². The molecule has 0 aliphatic carbocycles. The number of nitrogens with zero attached hydrogens (tertiary/aromatic N) is 1. The zero-order chi connectivity index (χ0) is 16.1. The summed E-state index contributed by atoms with van der Waals surface area (Å²) in [7, 11) is 1.29. The molecule has 2 aromatic rings. The second-order valence-corrected chi connectivity index (χ2v) is 5.91. The summed E-state index contributed by atoms with van der Waals surface area (Å²) in [6.07, 6.45) is 3.47. The summed E-state index contributed by atoms with van der Waals surface area (Å²) in [6, 6.07) is 8.35. The molecule has 1 aromatic carbocycles. The molecule has 22 heavy (non-hydrogen) atoms. The number of carbonyl (C=O) groups is 2. The van der Waals surface area contributed by atoms with Crippen molar-refractivity contribution in [3.8, 4) is 0 Å². The van der Waals surface area contributed by atoms with Crippen molar-refractivity contribution in [2.24, 2.45) is 0 Å². The molecular weight excluding hydrogens is 368 g/mol. The summed E-state index contributed by atoms with van der Waals surface area (Å²) in [5, 5.41) is 3.35. The minimum Gasteiger partial charge on any atom is -0.465 e. The summed E-state index contributed by atoms with van der Waals surface area (Å²) >= 11 is 4.67. The summed E-state index contributed by atoms with van der Waals surface area (Å²) in [5.41, 5.74) is 1.12. The van der Waals surface area contributed by atoms with Gasteiger partial charge in [0.1, 0.15) is 5.03 Å². The molecule has 1 aromatic heterocycles. The molecule has 2 rings (SSSR count). The van der Waals surface area contributed by atoms with Crippen molar-refractivity contribution in [1.29, 1.82) is 0 Å². The van der Waals surface area contributed by atoms with E-state index in [4.69, 9.17) is 4.74 Å². The first-order valence-electron chi connectivity index (χ1n) is 6.25. The van der Waals surface area contributed by atoms with Crippen LogP contribution in [0.5, 0.6) is 0 Å². The van der Waals surface area contributed by atoms with Gasteiger partial charge < -0.3 is 10.1 Å². The van der Waals surface area contributed by atoms with Gasteiger partial charge in [-0.15, -0.1) is 11.8 Å². The van der Waals surface area contributed by atoms with E-state index in [-0.39, 0.29) is 11.5 Å². The molecule has 0 fully saturated rings. The maximum absolute atomic E-state index is 12.4. The lowest BCUT2D eigenvalue weighted by Gasteiger charge is -2.11. The van der Waals surface area contributed by atoms with Gasteiger partial charge in [0.15, 0.2) is 0 Å². The van der Waals surface area contributed by atoms with E-state index in [0.29, 0.717) is 16.3 Å². The molecule has 0 radical (unpaired) electrons. The lowest BCUT2D eigenvalue weighted by atomic mass is 10.1. The highest BCUT2D eigenvalue weighted by Crippen LogP contribution is 2.24. The van der Waals surface area contributed by atoms with Gasteiger partial charge in [-0.25, -0.2) is 9.78 Å². The number of ether oxygens (including phenoxy) is 1. The van der Waals surface area contributed by atoms with E-state index < -0.39 is 5.97 Å². The molecule has 0 saturated heterocycles. The van der Waals surface area contributed by atoms with E-state index in [1.807, 2.05) is 6.26 Å². The lowest BCUT2D eigenvalue weighted by molar-refractivity contribution is 0.0602. The SMILES string of the molecule is COC(=O)c1cc(Br)ccc1NC(=O)c1cccnc1SC. The van der Waals surface area contributed by atoms with Crippen molar-refractivity contribution in [3.63, 3.8) is 0 Å². The maximum atomic E-state index is 12.4. The van der Waals surface area contributed by atoms with Gasteiger partial charge in [-0.05, 0) is 36.6 Å². The van der Waals surface area contributed by atoms with Gasteiger partial charge in [-0.3, -0.25) is 4.79 Å². The molecule has 7 heteroatoms. The second kappa shape index (κ2) is 7.42. The molecule has 1 amide bonds. The van der Waals surface area contributed by atoms with Gasteiger partial charge in [0, 0.05) is 10.7 Å². The van der Waals surface area contributed by atoms with E-state index in [1.165, 1.54) is 18.9 Å². The van der Waals surface area contributed by atoms with Gasteiger partial charge in [0.25, 0.3) is 5.91 Å². The monoisotopic (exact) mass is 380 g/mol. The largest absolute Gasteiger partial charge is 0.465 e. The molecule has 0 aliphatic heterocycles. The molecule has 1 N–H and O–H groups in total. The Hall–Kier alpha value is -1.86. The molecule has 0 unspecified atom stereocenters. The third-order valence-corrected chi connectivity index (χ3v) is 4.05. The average Bonchev–Trinajstić information content (AvgIpc) is 2.55. The van der Waals surface area contributed by atoms with E-state index in [1.54, 1.807) is 36.5 Å². The summed E-state index contributed by atoms with van der Waals surface area (Å²) in [4.78, 5) is 28.4. The molecule has 114 valence electrons. The van der Waals surface area contributed by atoms with Crippen LogP contribution in [0.2, 0.25) is 0 Å². The zero-order valence-electron chi connectivity index (χ0n) is 11.9. The lowest BCUT2D eigenvalue weighted by Crippen LogP contribution is -2.16. The third kappa shape index (κ3) is 3.66. The molecular formula is C15H13BrN2O3S. The van der Waals surface area contributed by atoms with Crippen molar-refractivity contribution < 1.29 is 14.3 Å². The smallest absolute Gasteiger partial charge is 0.340 e. The number of esters is 1. The Balaban J connectivity index is 2.34. The number of carbonyl (C=O) groups excluding carboxylic acids is 2. The number of halogens is 1. The first-order valence-corrected chi connectivity index (χ1v) is 8.26. The topological polar surface area (TPSA) is 68.3 Å². The van der Waals surface area contributed by atoms with E-state index >= 15 is 0 Å². The van der Waals surface area contributed by atoms with Crippen LogP contribution in [0.1, 0.15) is 20.7 Å². The molecule has 5 nitrogen and oxygen atoms in total. The van der Waals surface area contributed by atoms with Gasteiger partial charge >= 0.3 is 5.97 Å². The Kier molecular flexibility index (Phi) is 5.57. The van der Waals surface area contributed by atoms with Crippen molar-refractivity contribution in [2.45, 2.75) is 5.03 Å². The number of benzene rings is 1. The van der Waals surface area contributed by atoms with Crippen LogP contribution in [0.4, 0.5) is 5.69 Å². The van der Waals surface area contributed by atoms with Crippen LogP contribution in [-0.4, -0.2) is 30.2 Å². The number of aromatic nitrogens is 1. The first-order chi connectivity index (χ1) is 10.6. The maximum Gasteiger partial charge on any atom is 0.340 e. The second-order valence-electron chi connectivity index (χ2n) is 4.20. The van der Waals surface area contributed by atoms with Crippen LogP contribution in [0.3, 0.4) is 0 Å². The van der Waals surface area contributed by atoms with Gasteiger partial charge in [0.05, 0.1) is 23.9 Å². The van der Waals surface area contributed by atoms with Crippen LogP contribution in [0, 0.1) is 0 Å².